The lowest BCUT2D eigenvalue weighted by atomic mass is 10.1. The van der Waals surface area contributed by atoms with E-state index in [1.54, 1.807) is 37.3 Å². The van der Waals surface area contributed by atoms with Crippen LogP contribution < -0.4 is 0 Å². The number of hydrogen-bond donors (Lipinski definition) is 0. The third-order valence-electron chi connectivity index (χ3n) is 2.27. The van der Waals surface area contributed by atoms with Crippen molar-refractivity contribution in [3.8, 4) is 0 Å². The van der Waals surface area contributed by atoms with E-state index in [1.807, 2.05) is 0 Å². The monoisotopic (exact) mass is 266 g/mol. The topological polar surface area (TPSA) is 43.4 Å². The van der Waals surface area contributed by atoms with Crippen LogP contribution in [-0.2, 0) is 9.53 Å². The van der Waals surface area contributed by atoms with Gasteiger partial charge in [0.25, 0.3) is 0 Å². The number of Topliss-reactive ketones (excluding diaryl/α,β-unsaturated/α-hetero) is 1. The Hall–Kier alpha value is -1.61. The molecule has 1 aromatic rings. The summed E-state index contributed by atoms with van der Waals surface area (Å²) in [6.45, 7) is 3.61. The van der Waals surface area contributed by atoms with Crippen molar-refractivity contribution < 1.29 is 14.3 Å². The fraction of sp³-hybridized carbons (Fsp3) is 0.286. The van der Waals surface area contributed by atoms with Crippen LogP contribution in [0.2, 0.25) is 5.02 Å². The van der Waals surface area contributed by atoms with Gasteiger partial charge in [-0.2, -0.15) is 0 Å². The second-order valence-electron chi connectivity index (χ2n) is 3.71. The summed E-state index contributed by atoms with van der Waals surface area (Å²) in [4.78, 5) is 22.4. The molecule has 0 aromatic heterocycles. The maximum Gasteiger partial charge on any atom is 0.309 e. The molecule has 1 aromatic carbocycles. The molecule has 0 fully saturated rings. The molecule has 0 saturated carbocycles. The highest BCUT2D eigenvalue weighted by molar-refractivity contribution is 6.33. The average Bonchev–Trinajstić information content (AvgIpc) is 2.31. The average molecular weight is 267 g/mol. The maximum absolute atomic E-state index is 11.3. The van der Waals surface area contributed by atoms with E-state index < -0.39 is 0 Å². The quantitative estimate of drug-likeness (QED) is 0.605. The molecule has 0 bridgehead atoms. The zero-order chi connectivity index (χ0) is 13.5. The predicted molar refractivity (Wildman–Crippen MR) is 71.7 cm³/mol. The van der Waals surface area contributed by atoms with E-state index in [-0.39, 0.29) is 18.2 Å². The number of benzene rings is 1. The summed E-state index contributed by atoms with van der Waals surface area (Å²) < 4.78 is 4.80. The van der Waals surface area contributed by atoms with Crippen molar-refractivity contribution in [1.29, 1.82) is 0 Å². The van der Waals surface area contributed by atoms with Gasteiger partial charge in [0.1, 0.15) is 0 Å². The number of hydrogen-bond acceptors (Lipinski definition) is 3. The van der Waals surface area contributed by atoms with Crippen LogP contribution >= 0.6 is 11.6 Å². The van der Waals surface area contributed by atoms with Crippen LogP contribution in [0.3, 0.4) is 0 Å². The number of halogens is 1. The third-order valence-corrected chi connectivity index (χ3v) is 2.60. The first-order chi connectivity index (χ1) is 8.54. The van der Waals surface area contributed by atoms with Gasteiger partial charge >= 0.3 is 5.97 Å². The highest BCUT2D eigenvalue weighted by atomic mass is 35.5. The minimum atomic E-state index is -0.269. The molecule has 18 heavy (non-hydrogen) atoms. The maximum atomic E-state index is 11.3. The van der Waals surface area contributed by atoms with E-state index >= 15 is 0 Å². The molecule has 0 heterocycles. The van der Waals surface area contributed by atoms with E-state index in [0.717, 1.165) is 5.56 Å². The van der Waals surface area contributed by atoms with Gasteiger partial charge in [0.05, 0.1) is 18.1 Å². The van der Waals surface area contributed by atoms with Crippen LogP contribution in [-0.4, -0.2) is 18.4 Å². The molecule has 0 aliphatic carbocycles. The molecule has 0 N–H and O–H groups in total. The second kappa shape index (κ2) is 6.97. The highest BCUT2D eigenvalue weighted by Crippen LogP contribution is 2.19. The summed E-state index contributed by atoms with van der Waals surface area (Å²) in [5.74, 6) is -0.352. The lowest BCUT2D eigenvalue weighted by Crippen LogP contribution is -2.01. The lowest BCUT2D eigenvalue weighted by molar-refractivity contribution is -0.142. The summed E-state index contributed by atoms with van der Waals surface area (Å²) in [6.07, 6.45) is 3.68. The minimum absolute atomic E-state index is 0.0827. The van der Waals surface area contributed by atoms with Gasteiger partial charge in [-0.1, -0.05) is 29.8 Å². The first-order valence-corrected chi connectivity index (χ1v) is 6.05. The molecule has 0 aliphatic rings. The Labute approximate surface area is 111 Å². The molecule has 0 amide bonds. The molecular formula is C14H15ClO3. The van der Waals surface area contributed by atoms with Crippen molar-refractivity contribution in [1.82, 2.24) is 0 Å². The van der Waals surface area contributed by atoms with Crippen LogP contribution in [0.4, 0.5) is 0 Å². The number of carbonyl (C=O) groups excluding carboxylic acids is 2. The van der Waals surface area contributed by atoms with Gasteiger partial charge in [0.15, 0.2) is 5.78 Å². The second-order valence-corrected chi connectivity index (χ2v) is 4.11. The van der Waals surface area contributed by atoms with Gasteiger partial charge in [-0.3, -0.25) is 9.59 Å². The lowest BCUT2D eigenvalue weighted by Gasteiger charge is -2.01. The third kappa shape index (κ3) is 4.34. The summed E-state index contributed by atoms with van der Waals surface area (Å²) >= 11 is 5.90. The van der Waals surface area contributed by atoms with Crippen molar-refractivity contribution in [3.05, 3.63) is 40.4 Å². The molecule has 0 unspecified atom stereocenters. The van der Waals surface area contributed by atoms with Crippen molar-refractivity contribution in [3.63, 3.8) is 0 Å². The number of ether oxygens (including phenoxy) is 1. The summed E-state index contributed by atoms with van der Waals surface area (Å²) in [6, 6.07) is 5.16. The fourth-order valence-corrected chi connectivity index (χ4v) is 1.68. The highest BCUT2D eigenvalue weighted by Gasteiger charge is 2.05. The predicted octanol–water partition coefficient (Wildman–Crippen LogP) is 3.51. The van der Waals surface area contributed by atoms with Crippen LogP contribution in [0.25, 0.3) is 6.08 Å². The van der Waals surface area contributed by atoms with Crippen molar-refractivity contribution >= 4 is 29.4 Å². The van der Waals surface area contributed by atoms with Crippen molar-refractivity contribution in [2.45, 2.75) is 20.3 Å². The molecule has 0 radical (unpaired) electrons. The SMILES string of the molecule is CCOC(=O)CC=Cc1ccc(Cl)c(C(C)=O)c1. The first kappa shape index (κ1) is 14.5. The van der Waals surface area contributed by atoms with Gasteiger partial charge in [0, 0.05) is 5.56 Å². The van der Waals surface area contributed by atoms with E-state index in [0.29, 0.717) is 17.2 Å². The van der Waals surface area contributed by atoms with Gasteiger partial charge < -0.3 is 4.74 Å². The van der Waals surface area contributed by atoms with E-state index in [2.05, 4.69) is 0 Å². The Kier molecular flexibility index (Phi) is 5.59. The fourth-order valence-electron chi connectivity index (χ4n) is 1.43. The van der Waals surface area contributed by atoms with Crippen LogP contribution in [0.1, 0.15) is 36.2 Å². The van der Waals surface area contributed by atoms with E-state index in [9.17, 15) is 9.59 Å². The van der Waals surface area contributed by atoms with Crippen LogP contribution in [0.5, 0.6) is 0 Å². The smallest absolute Gasteiger partial charge is 0.309 e. The van der Waals surface area contributed by atoms with Gasteiger partial charge in [-0.05, 0) is 31.5 Å². The number of carbonyl (C=O) groups is 2. The van der Waals surface area contributed by atoms with Crippen molar-refractivity contribution in [2.75, 3.05) is 6.61 Å². The summed E-state index contributed by atoms with van der Waals surface area (Å²) in [5.41, 5.74) is 1.31. The molecule has 0 atom stereocenters. The summed E-state index contributed by atoms with van der Waals surface area (Å²) in [5, 5.41) is 0.435. The molecule has 0 aliphatic heterocycles. The number of rotatable bonds is 5. The van der Waals surface area contributed by atoms with Gasteiger partial charge in [-0.15, -0.1) is 0 Å². The molecule has 0 spiro atoms. The molecule has 1 rings (SSSR count). The standard InChI is InChI=1S/C14H15ClO3/c1-3-18-14(17)6-4-5-11-7-8-13(15)12(9-11)10(2)16/h4-5,7-9H,3,6H2,1-2H3. The zero-order valence-electron chi connectivity index (χ0n) is 10.4. The molecule has 96 valence electrons. The van der Waals surface area contributed by atoms with Crippen molar-refractivity contribution in [2.24, 2.45) is 0 Å². The normalized spacial score (nSPS) is 10.6. The first-order valence-electron chi connectivity index (χ1n) is 5.67. The molecule has 4 heteroatoms. The zero-order valence-corrected chi connectivity index (χ0v) is 11.2. The minimum Gasteiger partial charge on any atom is -0.466 e. The molecule has 3 nitrogen and oxygen atoms in total. The summed E-state index contributed by atoms with van der Waals surface area (Å²) in [7, 11) is 0. The number of esters is 1. The van der Waals surface area contributed by atoms with Gasteiger partial charge in [-0.25, -0.2) is 0 Å². The Morgan fingerprint density at radius 1 is 1.39 bits per heavy atom. The Bertz CT molecular complexity index is 478. The van der Waals surface area contributed by atoms with Crippen LogP contribution in [0, 0.1) is 0 Å². The Morgan fingerprint density at radius 2 is 2.11 bits per heavy atom. The Morgan fingerprint density at radius 3 is 2.72 bits per heavy atom. The largest absolute Gasteiger partial charge is 0.466 e. The van der Waals surface area contributed by atoms with Gasteiger partial charge in [0.2, 0.25) is 0 Å². The Balaban J connectivity index is 2.73. The van der Waals surface area contributed by atoms with Crippen LogP contribution in [0.15, 0.2) is 24.3 Å². The van der Waals surface area contributed by atoms with E-state index in [4.69, 9.17) is 16.3 Å². The van der Waals surface area contributed by atoms with E-state index in [1.165, 1.54) is 6.92 Å². The number of ketones is 1. The molecule has 0 saturated heterocycles. The molecular weight excluding hydrogens is 252 g/mol.